The number of halogens is 3. The number of likely N-dealkylation sites (tertiary alicyclic amines) is 2. The number of carbonyl (C=O) groups excluding carboxylic acids is 1. The number of amides is 1. The topological polar surface area (TPSA) is 71.4 Å². The van der Waals surface area contributed by atoms with E-state index in [0.717, 1.165) is 38.2 Å². The first kappa shape index (κ1) is 24.3. The molecule has 0 N–H and O–H groups in total. The molecule has 2 aliphatic heterocycles. The molecule has 10 heteroatoms. The normalized spacial score (nSPS) is 19.3. The second-order valence-electron chi connectivity index (χ2n) is 9.75. The summed E-state index contributed by atoms with van der Waals surface area (Å²) in [5, 5.41) is 0.654. The predicted molar refractivity (Wildman–Crippen MR) is 136 cm³/mol. The van der Waals surface area contributed by atoms with E-state index in [9.17, 15) is 18.0 Å². The number of piperazine rings is 1. The molecular formula is C28H24F3N5O2. The summed E-state index contributed by atoms with van der Waals surface area (Å²) >= 11 is 0. The highest BCUT2D eigenvalue weighted by Gasteiger charge is 2.43. The summed E-state index contributed by atoms with van der Waals surface area (Å²) in [5.74, 6) is -0.485. The fraction of sp³-hybridized carbons (Fsp3) is 0.286. The van der Waals surface area contributed by atoms with Crippen LogP contribution in [0, 0.1) is 0 Å². The zero-order chi connectivity index (χ0) is 26.6. The highest BCUT2D eigenvalue weighted by Crippen LogP contribution is 2.38. The summed E-state index contributed by atoms with van der Waals surface area (Å²) in [6.07, 6.45) is -0.828. The molecule has 38 heavy (non-hydrogen) atoms. The second-order valence-corrected chi connectivity index (χ2v) is 9.75. The molecule has 0 aliphatic carbocycles. The van der Waals surface area contributed by atoms with Crippen molar-refractivity contribution < 1.29 is 22.7 Å². The first-order valence-corrected chi connectivity index (χ1v) is 12.2. The molecule has 2 aromatic carbocycles. The van der Waals surface area contributed by atoms with Crippen LogP contribution in [0.3, 0.4) is 0 Å². The minimum Gasteiger partial charge on any atom is -0.481 e. The molecule has 2 aromatic heterocycles. The van der Waals surface area contributed by atoms with Gasteiger partial charge in [-0.25, -0.2) is 15.0 Å². The van der Waals surface area contributed by atoms with Gasteiger partial charge >= 0.3 is 6.18 Å². The smallest absolute Gasteiger partial charge is 0.421 e. The number of ether oxygens (including phenoxy) is 1. The van der Waals surface area contributed by atoms with Crippen LogP contribution in [-0.4, -0.2) is 70.0 Å². The average Bonchev–Trinajstić information content (AvgIpc) is 3.51. The summed E-state index contributed by atoms with van der Waals surface area (Å²) in [5.41, 5.74) is 2.39. The number of likely N-dealkylation sites (N-methyl/N-ethyl adjacent to an activating group) is 1. The van der Waals surface area contributed by atoms with Crippen molar-refractivity contribution in [1.29, 1.82) is 0 Å². The average molecular weight is 520 g/mol. The van der Waals surface area contributed by atoms with Gasteiger partial charge in [-0.05, 0) is 49.4 Å². The van der Waals surface area contributed by atoms with E-state index in [1.54, 1.807) is 24.3 Å². The Bertz CT molecular complexity index is 1560. The number of hydrogen-bond acceptors (Lipinski definition) is 6. The number of benzene rings is 2. The third kappa shape index (κ3) is 4.14. The molecule has 7 nitrogen and oxygen atoms in total. The van der Waals surface area contributed by atoms with Crippen molar-refractivity contribution >= 4 is 16.8 Å². The van der Waals surface area contributed by atoms with Gasteiger partial charge in [0.1, 0.15) is 11.9 Å². The Hall–Kier alpha value is -4.05. The highest BCUT2D eigenvalue weighted by molar-refractivity contribution is 5.99. The molecule has 0 unspecified atom stereocenters. The first-order valence-electron chi connectivity index (χ1n) is 12.2. The summed E-state index contributed by atoms with van der Waals surface area (Å²) < 4.78 is 45.6. The van der Waals surface area contributed by atoms with Gasteiger partial charge in [-0.1, -0.05) is 18.2 Å². The molecule has 0 saturated carbocycles. The second kappa shape index (κ2) is 9.05. The van der Waals surface area contributed by atoms with Gasteiger partial charge in [-0.15, -0.1) is 0 Å². The zero-order valence-corrected chi connectivity index (χ0v) is 20.7. The van der Waals surface area contributed by atoms with E-state index >= 15 is 0 Å². The van der Waals surface area contributed by atoms with Crippen LogP contribution in [0.15, 0.2) is 61.1 Å². The minimum atomic E-state index is -4.61. The molecule has 2 saturated heterocycles. The lowest BCUT2D eigenvalue weighted by atomic mass is 9.99. The number of rotatable bonds is 4. The molecule has 2 atom stereocenters. The molecule has 4 heterocycles. The SMILES string of the molecule is COc1ncc(-c2ccc3ncnc(-c4cccc(C(=O)N5C[C@@H]6C[C@H]5CN6C)c4)c3c2)cc1C(F)(F)F. The van der Waals surface area contributed by atoms with Crippen molar-refractivity contribution in [2.24, 2.45) is 0 Å². The van der Waals surface area contributed by atoms with Crippen LogP contribution < -0.4 is 4.74 Å². The Balaban J connectivity index is 1.38. The summed E-state index contributed by atoms with van der Waals surface area (Å²) in [4.78, 5) is 30.3. The van der Waals surface area contributed by atoms with Crippen molar-refractivity contribution in [3.05, 3.63) is 72.2 Å². The largest absolute Gasteiger partial charge is 0.481 e. The molecule has 6 rings (SSSR count). The number of aromatic nitrogens is 3. The zero-order valence-electron chi connectivity index (χ0n) is 20.7. The first-order chi connectivity index (χ1) is 18.2. The number of fused-ring (bicyclic) bond motifs is 3. The van der Waals surface area contributed by atoms with Crippen molar-refractivity contribution in [3.63, 3.8) is 0 Å². The van der Waals surface area contributed by atoms with Crippen LogP contribution in [0.1, 0.15) is 22.3 Å². The predicted octanol–water partition coefficient (Wildman–Crippen LogP) is 4.91. The molecule has 2 aliphatic rings. The Morgan fingerprint density at radius 2 is 1.82 bits per heavy atom. The molecular weight excluding hydrogens is 495 g/mol. The van der Waals surface area contributed by atoms with Crippen LogP contribution in [0.2, 0.25) is 0 Å². The Morgan fingerprint density at radius 1 is 0.974 bits per heavy atom. The summed E-state index contributed by atoms with van der Waals surface area (Å²) in [6, 6.07) is 14.2. The minimum absolute atomic E-state index is 0.00418. The van der Waals surface area contributed by atoms with Crippen molar-refractivity contribution in [3.8, 4) is 28.3 Å². The maximum Gasteiger partial charge on any atom is 0.421 e. The molecule has 2 fully saturated rings. The van der Waals surface area contributed by atoms with Crippen LogP contribution in [0.5, 0.6) is 5.88 Å². The van der Waals surface area contributed by atoms with E-state index in [0.29, 0.717) is 33.8 Å². The maximum absolute atomic E-state index is 13.6. The van der Waals surface area contributed by atoms with E-state index in [4.69, 9.17) is 4.74 Å². The molecule has 0 radical (unpaired) electrons. The summed E-state index contributed by atoms with van der Waals surface area (Å²) in [6.45, 7) is 1.60. The van der Waals surface area contributed by atoms with Crippen LogP contribution in [0.25, 0.3) is 33.3 Å². The Labute approximate surface area is 216 Å². The van der Waals surface area contributed by atoms with Gasteiger partial charge in [-0.3, -0.25) is 9.69 Å². The number of alkyl halides is 3. The summed E-state index contributed by atoms with van der Waals surface area (Å²) in [7, 11) is 3.25. The van der Waals surface area contributed by atoms with Crippen LogP contribution in [0.4, 0.5) is 13.2 Å². The lowest BCUT2D eigenvalue weighted by molar-refractivity contribution is -0.139. The van der Waals surface area contributed by atoms with Gasteiger partial charge in [0.15, 0.2) is 0 Å². The van der Waals surface area contributed by atoms with Gasteiger partial charge in [0.2, 0.25) is 5.88 Å². The number of hydrogen-bond donors (Lipinski definition) is 0. The fourth-order valence-electron chi connectivity index (χ4n) is 5.52. The fourth-order valence-corrected chi connectivity index (χ4v) is 5.52. The standard InChI is InChI=1S/C28H24F3N5O2/c1-35-13-21-11-20(35)14-36(21)27(37)18-5-3-4-17(8-18)25-22-9-16(6-7-24(22)33-15-34-25)19-10-23(28(29,30)31)26(38-2)32-12-19/h3-10,12,15,20-21H,11,13-14H2,1-2H3/t20-,21-/m0/s1. The number of pyridine rings is 1. The molecule has 194 valence electrons. The van der Waals surface area contributed by atoms with E-state index in [1.807, 2.05) is 23.1 Å². The number of nitrogens with zero attached hydrogens (tertiary/aromatic N) is 5. The molecule has 0 spiro atoms. The quantitative estimate of drug-likeness (QED) is 0.382. The van der Waals surface area contributed by atoms with Crippen molar-refractivity contribution in [2.45, 2.75) is 24.7 Å². The van der Waals surface area contributed by atoms with Crippen molar-refractivity contribution in [1.82, 2.24) is 24.8 Å². The molecule has 1 amide bonds. The molecule has 4 aromatic rings. The van der Waals surface area contributed by atoms with Crippen LogP contribution in [-0.2, 0) is 6.18 Å². The van der Waals surface area contributed by atoms with Crippen LogP contribution >= 0.6 is 0 Å². The van der Waals surface area contributed by atoms with Gasteiger partial charge in [0.25, 0.3) is 5.91 Å². The third-order valence-electron chi connectivity index (χ3n) is 7.48. The van der Waals surface area contributed by atoms with Crippen molar-refractivity contribution in [2.75, 3.05) is 27.2 Å². The van der Waals surface area contributed by atoms with Gasteiger partial charge in [-0.2, -0.15) is 13.2 Å². The van der Waals surface area contributed by atoms with E-state index < -0.39 is 17.6 Å². The molecule has 2 bridgehead atoms. The van der Waals surface area contributed by atoms with E-state index in [1.165, 1.54) is 12.5 Å². The van der Waals surface area contributed by atoms with Gasteiger partial charge < -0.3 is 9.64 Å². The lowest BCUT2D eigenvalue weighted by Crippen LogP contribution is -2.47. The number of methoxy groups -OCH3 is 1. The van der Waals surface area contributed by atoms with E-state index in [2.05, 4.69) is 26.9 Å². The Kier molecular flexibility index (Phi) is 5.79. The monoisotopic (exact) mass is 519 g/mol. The Morgan fingerprint density at radius 3 is 2.53 bits per heavy atom. The van der Waals surface area contributed by atoms with Gasteiger partial charge in [0.05, 0.1) is 18.3 Å². The highest BCUT2D eigenvalue weighted by atomic mass is 19.4. The van der Waals surface area contributed by atoms with Gasteiger partial charge in [0, 0.05) is 53.4 Å². The lowest BCUT2D eigenvalue weighted by Gasteiger charge is -2.32. The maximum atomic E-state index is 13.6. The van der Waals surface area contributed by atoms with E-state index in [-0.39, 0.29) is 17.5 Å². The number of carbonyl (C=O) groups is 1. The third-order valence-corrected chi connectivity index (χ3v) is 7.48.